The normalized spacial score (nSPS) is 26.1. The molecular weight excluding hydrogens is 228 g/mol. The van der Waals surface area contributed by atoms with Crippen molar-refractivity contribution in [2.45, 2.75) is 38.4 Å². The minimum absolute atomic E-state index is 0.0683. The number of aliphatic hydroxyl groups is 1. The molecule has 1 aliphatic heterocycles. The molecule has 0 aliphatic carbocycles. The van der Waals surface area contributed by atoms with E-state index in [0.29, 0.717) is 5.69 Å². The molecule has 1 saturated heterocycles. The molecule has 2 rings (SSSR count). The van der Waals surface area contributed by atoms with Crippen LogP contribution in [0.4, 0.5) is 5.69 Å². The number of hydrogen-bond acceptors (Lipinski definition) is 4. The number of ether oxygens (including phenoxy) is 1. The highest BCUT2D eigenvalue weighted by atomic mass is 16.5. The number of aliphatic hydroxyl groups excluding tert-OH is 1. The van der Waals surface area contributed by atoms with Crippen molar-refractivity contribution in [3.63, 3.8) is 0 Å². The molecule has 4 nitrogen and oxygen atoms in total. The molecule has 0 bridgehead atoms. The predicted molar refractivity (Wildman–Crippen MR) is 71.7 cm³/mol. The summed E-state index contributed by atoms with van der Waals surface area (Å²) in [4.78, 5) is 6.59. The molecule has 2 heterocycles. The Labute approximate surface area is 109 Å². The lowest BCUT2D eigenvalue weighted by atomic mass is 9.94. The molecule has 0 spiro atoms. The van der Waals surface area contributed by atoms with Gasteiger partial charge >= 0.3 is 0 Å². The van der Waals surface area contributed by atoms with E-state index in [2.05, 4.69) is 16.8 Å². The molecule has 0 amide bonds. The molecule has 1 N–H and O–H groups in total. The summed E-state index contributed by atoms with van der Waals surface area (Å²) >= 11 is 0. The molecule has 0 aromatic carbocycles. The van der Waals surface area contributed by atoms with Crippen LogP contribution >= 0.6 is 0 Å². The lowest BCUT2D eigenvalue weighted by molar-refractivity contribution is -0.00466. The third-order valence-electron chi connectivity index (χ3n) is 3.72. The van der Waals surface area contributed by atoms with Gasteiger partial charge in [-0.05, 0) is 38.8 Å². The fraction of sp³-hybridized carbons (Fsp3) is 0.643. The quantitative estimate of drug-likeness (QED) is 0.892. The van der Waals surface area contributed by atoms with Gasteiger partial charge in [-0.2, -0.15) is 0 Å². The van der Waals surface area contributed by atoms with E-state index in [9.17, 15) is 5.11 Å². The maximum Gasteiger partial charge on any atom is 0.0931 e. The number of methoxy groups -OCH3 is 1. The first-order valence-corrected chi connectivity index (χ1v) is 6.48. The first kappa shape index (κ1) is 13.3. The van der Waals surface area contributed by atoms with Crippen molar-refractivity contribution in [1.82, 2.24) is 4.98 Å². The highest BCUT2D eigenvalue weighted by Crippen LogP contribution is 2.27. The summed E-state index contributed by atoms with van der Waals surface area (Å²) in [5, 5.41) is 9.45. The number of nitrogens with zero attached hydrogens (tertiary/aromatic N) is 2. The van der Waals surface area contributed by atoms with Crippen LogP contribution in [0.3, 0.4) is 0 Å². The van der Waals surface area contributed by atoms with Crippen LogP contribution in [0, 0.1) is 0 Å². The molecule has 2 atom stereocenters. The summed E-state index contributed by atoms with van der Waals surface area (Å²) < 4.78 is 5.59. The maximum atomic E-state index is 9.45. The second kappa shape index (κ2) is 5.24. The van der Waals surface area contributed by atoms with Crippen LogP contribution in [0.2, 0.25) is 0 Å². The molecule has 0 saturated carbocycles. The zero-order chi connectivity index (χ0) is 13.2. The average Bonchev–Trinajstić information content (AvgIpc) is 2.39. The molecule has 1 fully saturated rings. The number of pyridine rings is 1. The minimum Gasteiger partial charge on any atom is -0.387 e. The number of rotatable bonds is 3. The van der Waals surface area contributed by atoms with Gasteiger partial charge in [-0.1, -0.05) is 0 Å². The van der Waals surface area contributed by atoms with Crippen LogP contribution < -0.4 is 4.90 Å². The minimum atomic E-state index is -0.510. The van der Waals surface area contributed by atoms with Crippen molar-refractivity contribution in [2.75, 3.05) is 25.1 Å². The van der Waals surface area contributed by atoms with Crippen LogP contribution in [0.5, 0.6) is 0 Å². The molecule has 100 valence electrons. The molecule has 1 aromatic heterocycles. The Morgan fingerprint density at radius 1 is 1.50 bits per heavy atom. The zero-order valence-electron chi connectivity index (χ0n) is 11.4. The first-order chi connectivity index (χ1) is 8.54. The summed E-state index contributed by atoms with van der Waals surface area (Å²) in [5.74, 6) is 0. The largest absolute Gasteiger partial charge is 0.387 e. The summed E-state index contributed by atoms with van der Waals surface area (Å²) in [6, 6.07) is 3.91. The Morgan fingerprint density at radius 2 is 2.28 bits per heavy atom. The highest BCUT2D eigenvalue weighted by molar-refractivity contribution is 5.45. The molecular formula is C14H22N2O2. The van der Waals surface area contributed by atoms with Crippen LogP contribution in [0.15, 0.2) is 18.3 Å². The summed E-state index contributed by atoms with van der Waals surface area (Å²) in [6.45, 7) is 5.80. The average molecular weight is 250 g/mol. The number of hydrogen-bond donors (Lipinski definition) is 1. The summed E-state index contributed by atoms with van der Waals surface area (Å²) in [7, 11) is 1.78. The Bertz CT molecular complexity index is 391. The van der Waals surface area contributed by atoms with Crippen molar-refractivity contribution >= 4 is 5.69 Å². The van der Waals surface area contributed by atoms with E-state index in [1.165, 1.54) is 0 Å². The Morgan fingerprint density at radius 3 is 2.83 bits per heavy atom. The lowest BCUT2D eigenvalue weighted by Crippen LogP contribution is -2.47. The fourth-order valence-electron chi connectivity index (χ4n) is 2.42. The molecule has 4 heteroatoms. The second-order valence-corrected chi connectivity index (χ2v) is 5.30. The zero-order valence-corrected chi connectivity index (χ0v) is 11.4. The summed E-state index contributed by atoms with van der Waals surface area (Å²) in [5.41, 5.74) is 1.74. The van der Waals surface area contributed by atoms with Crippen LogP contribution in [0.1, 0.15) is 38.5 Å². The van der Waals surface area contributed by atoms with Crippen LogP contribution in [-0.2, 0) is 4.74 Å². The van der Waals surface area contributed by atoms with E-state index in [0.717, 1.165) is 31.6 Å². The topological polar surface area (TPSA) is 45.6 Å². The van der Waals surface area contributed by atoms with E-state index in [4.69, 9.17) is 4.74 Å². The van der Waals surface area contributed by atoms with Crippen molar-refractivity contribution in [3.8, 4) is 0 Å². The molecule has 1 aliphatic rings. The SMILES string of the molecule is COC1(C)CCCN(c2ccc([C@H](C)O)nc2)C1. The Hall–Kier alpha value is -1.13. The maximum absolute atomic E-state index is 9.45. The fourth-order valence-corrected chi connectivity index (χ4v) is 2.42. The first-order valence-electron chi connectivity index (χ1n) is 6.48. The second-order valence-electron chi connectivity index (χ2n) is 5.30. The number of anilines is 1. The van der Waals surface area contributed by atoms with Gasteiger partial charge in [0.25, 0.3) is 0 Å². The Balaban J connectivity index is 2.11. The Kier molecular flexibility index (Phi) is 3.88. The van der Waals surface area contributed by atoms with Gasteiger partial charge in [0.15, 0.2) is 0 Å². The predicted octanol–water partition coefficient (Wildman–Crippen LogP) is 2.14. The van der Waals surface area contributed by atoms with Gasteiger partial charge in [-0.15, -0.1) is 0 Å². The van der Waals surface area contributed by atoms with Crippen LogP contribution in [-0.4, -0.2) is 35.9 Å². The molecule has 0 radical (unpaired) electrons. The molecule has 18 heavy (non-hydrogen) atoms. The van der Waals surface area contributed by atoms with Crippen molar-refractivity contribution in [3.05, 3.63) is 24.0 Å². The lowest BCUT2D eigenvalue weighted by Gasteiger charge is -2.40. The summed E-state index contributed by atoms with van der Waals surface area (Å²) in [6.07, 6.45) is 3.55. The number of aromatic nitrogens is 1. The monoisotopic (exact) mass is 250 g/mol. The van der Waals surface area contributed by atoms with E-state index >= 15 is 0 Å². The van der Waals surface area contributed by atoms with E-state index in [1.807, 2.05) is 18.3 Å². The van der Waals surface area contributed by atoms with Gasteiger partial charge in [0.05, 0.1) is 29.3 Å². The third-order valence-corrected chi connectivity index (χ3v) is 3.72. The van der Waals surface area contributed by atoms with Gasteiger partial charge in [-0.25, -0.2) is 0 Å². The van der Waals surface area contributed by atoms with Gasteiger partial charge in [0, 0.05) is 20.2 Å². The third kappa shape index (κ3) is 2.82. The van der Waals surface area contributed by atoms with Gasteiger partial charge in [0.2, 0.25) is 0 Å². The highest BCUT2D eigenvalue weighted by Gasteiger charge is 2.30. The van der Waals surface area contributed by atoms with Crippen LogP contribution in [0.25, 0.3) is 0 Å². The number of piperidine rings is 1. The van der Waals surface area contributed by atoms with Crippen molar-refractivity contribution in [1.29, 1.82) is 0 Å². The van der Waals surface area contributed by atoms with Gasteiger partial charge in [-0.3, -0.25) is 4.98 Å². The van der Waals surface area contributed by atoms with E-state index in [-0.39, 0.29) is 5.60 Å². The standard InChI is InChI=1S/C14H22N2O2/c1-11(17)13-6-5-12(9-15-13)16-8-4-7-14(2,10-16)18-3/h5-6,9,11,17H,4,7-8,10H2,1-3H3/t11-,14?/m0/s1. The van der Waals surface area contributed by atoms with E-state index < -0.39 is 6.10 Å². The van der Waals surface area contributed by atoms with Gasteiger partial charge in [0.1, 0.15) is 0 Å². The van der Waals surface area contributed by atoms with Crippen molar-refractivity contribution in [2.24, 2.45) is 0 Å². The van der Waals surface area contributed by atoms with E-state index in [1.54, 1.807) is 14.0 Å². The van der Waals surface area contributed by atoms with Crippen molar-refractivity contribution < 1.29 is 9.84 Å². The molecule has 1 aromatic rings. The molecule has 1 unspecified atom stereocenters. The van der Waals surface area contributed by atoms with Gasteiger partial charge < -0.3 is 14.7 Å². The smallest absolute Gasteiger partial charge is 0.0931 e.